The lowest BCUT2D eigenvalue weighted by molar-refractivity contribution is 0.672. The summed E-state index contributed by atoms with van der Waals surface area (Å²) < 4.78 is 6.53. The standard InChI is InChI=1S/C58H39NO/c1-4-15-40(16-5-1)45-22-14-23-49(37-45)59(48-32-27-41(28-33-48)46-30-34-50(42-17-6-2-7-18-42)54(38-46)43-19-8-3-9-20-43)56-26-13-12-24-51(56)47-31-36-57-55(39-47)53-35-29-44-21-10-11-25-52(44)58(53)60-57/h1-39H. The third-order valence-corrected chi connectivity index (χ3v) is 11.7. The Morgan fingerprint density at radius 3 is 1.67 bits per heavy atom. The summed E-state index contributed by atoms with van der Waals surface area (Å²) in [5.41, 5.74) is 16.8. The number of fused-ring (bicyclic) bond motifs is 5. The number of para-hydroxylation sites is 1. The van der Waals surface area contributed by atoms with Gasteiger partial charge in [-0.25, -0.2) is 0 Å². The summed E-state index contributed by atoms with van der Waals surface area (Å²) in [7, 11) is 0. The van der Waals surface area contributed by atoms with Crippen LogP contribution in [-0.2, 0) is 0 Å². The van der Waals surface area contributed by atoms with Crippen LogP contribution in [0.15, 0.2) is 241 Å². The molecule has 11 aromatic rings. The molecular formula is C58H39NO. The minimum absolute atomic E-state index is 0.887. The Morgan fingerprint density at radius 2 is 0.883 bits per heavy atom. The van der Waals surface area contributed by atoms with Crippen molar-refractivity contribution in [2.24, 2.45) is 0 Å². The number of benzene rings is 10. The van der Waals surface area contributed by atoms with Gasteiger partial charge in [0.1, 0.15) is 11.2 Å². The van der Waals surface area contributed by atoms with Crippen molar-refractivity contribution in [3.63, 3.8) is 0 Å². The molecule has 2 nitrogen and oxygen atoms in total. The van der Waals surface area contributed by atoms with Crippen molar-refractivity contribution < 1.29 is 4.42 Å². The lowest BCUT2D eigenvalue weighted by atomic mass is 9.91. The van der Waals surface area contributed by atoms with Crippen molar-refractivity contribution >= 4 is 49.8 Å². The summed E-state index contributed by atoms with van der Waals surface area (Å²) in [6.45, 7) is 0. The van der Waals surface area contributed by atoms with Gasteiger partial charge in [-0.3, -0.25) is 0 Å². The van der Waals surface area contributed by atoms with Gasteiger partial charge in [0.2, 0.25) is 0 Å². The first-order valence-corrected chi connectivity index (χ1v) is 20.5. The maximum atomic E-state index is 6.53. The van der Waals surface area contributed by atoms with Crippen molar-refractivity contribution in [1.29, 1.82) is 0 Å². The molecule has 0 bridgehead atoms. The van der Waals surface area contributed by atoms with E-state index >= 15 is 0 Å². The van der Waals surface area contributed by atoms with Crippen molar-refractivity contribution in [1.82, 2.24) is 0 Å². The van der Waals surface area contributed by atoms with Gasteiger partial charge in [0, 0.05) is 33.1 Å². The second kappa shape index (κ2) is 15.1. The minimum atomic E-state index is 0.887. The molecule has 0 fully saturated rings. The molecule has 0 unspecified atom stereocenters. The Hall–Kier alpha value is -7.94. The van der Waals surface area contributed by atoms with Gasteiger partial charge >= 0.3 is 0 Å². The van der Waals surface area contributed by atoms with Crippen LogP contribution in [0.3, 0.4) is 0 Å². The highest BCUT2D eigenvalue weighted by atomic mass is 16.3. The van der Waals surface area contributed by atoms with Gasteiger partial charge in [0.05, 0.1) is 5.69 Å². The molecule has 1 aromatic heterocycles. The molecule has 0 aliphatic carbocycles. The first kappa shape index (κ1) is 35.2. The fourth-order valence-corrected chi connectivity index (χ4v) is 8.72. The highest BCUT2D eigenvalue weighted by Crippen LogP contribution is 2.44. The van der Waals surface area contributed by atoms with Crippen LogP contribution in [-0.4, -0.2) is 0 Å². The van der Waals surface area contributed by atoms with Crippen LogP contribution in [0.4, 0.5) is 17.1 Å². The van der Waals surface area contributed by atoms with Gasteiger partial charge in [-0.05, 0) is 110 Å². The molecule has 0 saturated carbocycles. The molecule has 11 rings (SSSR count). The van der Waals surface area contributed by atoms with Crippen molar-refractivity contribution in [2.75, 3.05) is 4.90 Å². The van der Waals surface area contributed by atoms with E-state index in [1.807, 2.05) is 0 Å². The van der Waals surface area contributed by atoms with Gasteiger partial charge < -0.3 is 9.32 Å². The third kappa shape index (κ3) is 6.41. The van der Waals surface area contributed by atoms with E-state index in [9.17, 15) is 0 Å². The molecule has 2 heteroatoms. The Bertz CT molecular complexity index is 3290. The zero-order valence-corrected chi connectivity index (χ0v) is 32.9. The third-order valence-electron chi connectivity index (χ3n) is 11.7. The quantitative estimate of drug-likeness (QED) is 0.153. The molecule has 0 aliphatic heterocycles. The molecule has 0 atom stereocenters. The largest absolute Gasteiger partial charge is 0.455 e. The molecule has 0 N–H and O–H groups in total. The zero-order valence-electron chi connectivity index (χ0n) is 32.9. The summed E-state index contributed by atoms with van der Waals surface area (Å²) in [5, 5.41) is 4.54. The Kier molecular flexibility index (Phi) is 8.87. The topological polar surface area (TPSA) is 16.4 Å². The lowest BCUT2D eigenvalue weighted by Crippen LogP contribution is -2.11. The van der Waals surface area contributed by atoms with Crippen LogP contribution in [0.1, 0.15) is 0 Å². The van der Waals surface area contributed by atoms with Crippen molar-refractivity contribution in [3.05, 3.63) is 237 Å². The van der Waals surface area contributed by atoms with E-state index < -0.39 is 0 Å². The number of furan rings is 1. The van der Waals surface area contributed by atoms with Gasteiger partial charge in [-0.15, -0.1) is 0 Å². The van der Waals surface area contributed by atoms with E-state index in [1.165, 1.54) is 38.8 Å². The Morgan fingerprint density at radius 1 is 0.283 bits per heavy atom. The molecule has 0 aliphatic rings. The molecule has 0 spiro atoms. The average Bonchev–Trinajstić information content (AvgIpc) is 3.71. The van der Waals surface area contributed by atoms with E-state index in [2.05, 4.69) is 241 Å². The van der Waals surface area contributed by atoms with Crippen molar-refractivity contribution in [2.45, 2.75) is 0 Å². The van der Waals surface area contributed by atoms with Gasteiger partial charge in [0.25, 0.3) is 0 Å². The van der Waals surface area contributed by atoms with Gasteiger partial charge in [-0.2, -0.15) is 0 Å². The molecule has 0 amide bonds. The highest BCUT2D eigenvalue weighted by molar-refractivity contribution is 6.15. The average molecular weight is 766 g/mol. The molecule has 60 heavy (non-hydrogen) atoms. The maximum Gasteiger partial charge on any atom is 0.143 e. The summed E-state index contributed by atoms with van der Waals surface area (Å²) in [6.07, 6.45) is 0. The van der Waals surface area contributed by atoms with Crippen LogP contribution < -0.4 is 4.90 Å². The molecule has 282 valence electrons. The molecule has 10 aromatic carbocycles. The van der Waals surface area contributed by atoms with Crippen LogP contribution in [0.5, 0.6) is 0 Å². The minimum Gasteiger partial charge on any atom is -0.455 e. The van der Waals surface area contributed by atoms with Crippen LogP contribution in [0.2, 0.25) is 0 Å². The number of rotatable bonds is 8. The summed E-state index contributed by atoms with van der Waals surface area (Å²) in [5.74, 6) is 0. The second-order valence-electron chi connectivity index (χ2n) is 15.3. The molecule has 0 saturated heterocycles. The summed E-state index contributed by atoms with van der Waals surface area (Å²) >= 11 is 0. The number of anilines is 3. The number of nitrogens with zero attached hydrogens (tertiary/aromatic N) is 1. The van der Waals surface area contributed by atoms with Crippen molar-refractivity contribution in [3.8, 4) is 55.6 Å². The Balaban J connectivity index is 1.04. The normalized spacial score (nSPS) is 11.3. The van der Waals surface area contributed by atoms with E-state index in [0.717, 1.165) is 66.6 Å². The maximum absolute atomic E-state index is 6.53. The van der Waals surface area contributed by atoms with Crippen LogP contribution in [0.25, 0.3) is 88.3 Å². The second-order valence-corrected chi connectivity index (χ2v) is 15.3. The van der Waals surface area contributed by atoms with E-state index in [-0.39, 0.29) is 0 Å². The Labute approximate surface area is 349 Å². The first-order chi connectivity index (χ1) is 29.7. The highest BCUT2D eigenvalue weighted by Gasteiger charge is 2.20. The SMILES string of the molecule is c1ccc(-c2cccc(N(c3ccc(-c4ccc(-c5ccccc5)c(-c5ccccc5)c4)cc3)c3ccccc3-c3ccc4oc5c6ccccc6ccc5c4c3)c2)cc1. The zero-order chi connectivity index (χ0) is 39.8. The number of hydrogen-bond acceptors (Lipinski definition) is 2. The van der Waals surface area contributed by atoms with Crippen LogP contribution >= 0.6 is 0 Å². The number of hydrogen-bond donors (Lipinski definition) is 0. The fourth-order valence-electron chi connectivity index (χ4n) is 8.72. The smallest absolute Gasteiger partial charge is 0.143 e. The van der Waals surface area contributed by atoms with Gasteiger partial charge in [0.15, 0.2) is 0 Å². The first-order valence-electron chi connectivity index (χ1n) is 20.5. The van der Waals surface area contributed by atoms with Crippen LogP contribution in [0, 0.1) is 0 Å². The fraction of sp³-hybridized carbons (Fsp3) is 0. The summed E-state index contributed by atoms with van der Waals surface area (Å²) in [6, 6.07) is 84.9. The predicted octanol–water partition coefficient (Wildman–Crippen LogP) is 16.5. The predicted molar refractivity (Wildman–Crippen MR) is 253 cm³/mol. The lowest BCUT2D eigenvalue weighted by Gasteiger charge is -2.28. The van der Waals surface area contributed by atoms with E-state index in [4.69, 9.17) is 4.42 Å². The molecule has 1 heterocycles. The van der Waals surface area contributed by atoms with Gasteiger partial charge in [-0.1, -0.05) is 182 Å². The van der Waals surface area contributed by atoms with E-state index in [0.29, 0.717) is 0 Å². The molecular weight excluding hydrogens is 727 g/mol. The van der Waals surface area contributed by atoms with E-state index in [1.54, 1.807) is 0 Å². The monoisotopic (exact) mass is 765 g/mol. The molecule has 0 radical (unpaired) electrons. The summed E-state index contributed by atoms with van der Waals surface area (Å²) in [4.78, 5) is 2.39.